The Morgan fingerprint density at radius 2 is 2.00 bits per heavy atom. The fraction of sp³-hybridized carbons (Fsp3) is 0.429. The number of carbonyl (C=O) groups excluding carboxylic acids is 2. The second-order valence-corrected chi connectivity index (χ2v) is 4.47. The normalized spacial score (nSPS) is 19.8. The molecule has 2 rings (SSSR count). The number of carbonyl (C=O) groups is 2. The zero-order valence-corrected chi connectivity index (χ0v) is 10.6. The van der Waals surface area contributed by atoms with Crippen LogP contribution in [0.3, 0.4) is 0 Å². The van der Waals surface area contributed by atoms with E-state index in [4.69, 9.17) is 0 Å². The number of hydrogen-bond acceptors (Lipinski definition) is 2. The average molecular weight is 246 g/mol. The van der Waals surface area contributed by atoms with Gasteiger partial charge in [0, 0.05) is 6.54 Å². The summed E-state index contributed by atoms with van der Waals surface area (Å²) >= 11 is 0. The summed E-state index contributed by atoms with van der Waals surface area (Å²) in [6, 6.07) is 8.99. The van der Waals surface area contributed by atoms with Crippen LogP contribution in [-0.4, -0.2) is 29.8 Å². The molecule has 1 aliphatic rings. The van der Waals surface area contributed by atoms with Crippen LogP contribution < -0.4 is 5.32 Å². The summed E-state index contributed by atoms with van der Waals surface area (Å²) in [5.41, 5.74) is 0.874. The Hall–Kier alpha value is -1.84. The second kappa shape index (κ2) is 5.67. The predicted octanol–water partition coefficient (Wildman–Crippen LogP) is 1.49. The van der Waals surface area contributed by atoms with Gasteiger partial charge in [0.05, 0.1) is 6.54 Å². The number of piperazine rings is 1. The molecule has 0 aliphatic carbocycles. The molecular formula is C14H18N2O2. The summed E-state index contributed by atoms with van der Waals surface area (Å²) < 4.78 is 0. The summed E-state index contributed by atoms with van der Waals surface area (Å²) in [5, 5.41) is 2.66. The van der Waals surface area contributed by atoms with Crippen LogP contribution in [0.5, 0.6) is 0 Å². The van der Waals surface area contributed by atoms with Crippen molar-refractivity contribution >= 4 is 11.8 Å². The van der Waals surface area contributed by atoms with Crippen molar-refractivity contribution < 1.29 is 9.59 Å². The number of rotatable bonds is 4. The molecule has 1 aliphatic heterocycles. The zero-order chi connectivity index (χ0) is 13.0. The van der Waals surface area contributed by atoms with Crippen LogP contribution in [0.4, 0.5) is 0 Å². The van der Waals surface area contributed by atoms with Gasteiger partial charge in [-0.2, -0.15) is 0 Å². The summed E-state index contributed by atoms with van der Waals surface area (Å²) in [6.45, 7) is 2.83. The van der Waals surface area contributed by atoms with Crippen molar-refractivity contribution in [1.82, 2.24) is 10.2 Å². The third-order valence-electron chi connectivity index (χ3n) is 3.16. The highest BCUT2D eigenvalue weighted by Gasteiger charge is 2.34. The molecule has 0 saturated carbocycles. The number of hydrogen-bond donors (Lipinski definition) is 1. The summed E-state index contributed by atoms with van der Waals surface area (Å²) in [6.07, 6.45) is 1.93. The molecule has 4 heteroatoms. The molecule has 1 heterocycles. The minimum absolute atomic E-state index is 0.00287. The number of nitrogens with zero attached hydrogens (tertiary/aromatic N) is 1. The third kappa shape index (κ3) is 2.53. The van der Waals surface area contributed by atoms with Crippen molar-refractivity contribution in [3.8, 4) is 0 Å². The van der Waals surface area contributed by atoms with E-state index < -0.39 is 6.04 Å². The first-order valence-corrected chi connectivity index (χ1v) is 6.36. The van der Waals surface area contributed by atoms with E-state index in [1.54, 1.807) is 4.90 Å². The van der Waals surface area contributed by atoms with Gasteiger partial charge in [0.25, 0.3) is 0 Å². The zero-order valence-electron chi connectivity index (χ0n) is 10.6. The number of amides is 2. The van der Waals surface area contributed by atoms with Crippen molar-refractivity contribution in [1.29, 1.82) is 0 Å². The Balaban J connectivity index is 2.26. The molecule has 1 aromatic carbocycles. The lowest BCUT2D eigenvalue weighted by Gasteiger charge is -2.35. The maximum absolute atomic E-state index is 12.0. The van der Waals surface area contributed by atoms with Crippen LogP contribution in [0.1, 0.15) is 31.4 Å². The smallest absolute Gasteiger partial charge is 0.247 e. The molecule has 0 bridgehead atoms. The number of nitrogens with one attached hydrogen (secondary N) is 1. The van der Waals surface area contributed by atoms with Gasteiger partial charge in [-0.05, 0) is 12.0 Å². The third-order valence-corrected chi connectivity index (χ3v) is 3.16. The van der Waals surface area contributed by atoms with E-state index in [0.717, 1.165) is 18.4 Å². The molecule has 1 N–H and O–H groups in total. The minimum Gasteiger partial charge on any atom is -0.345 e. The standard InChI is InChI=1S/C14H18N2O2/c1-2-3-9-16-12(17)10-15-14(18)13(16)11-7-5-4-6-8-11/h4-8,13H,2-3,9-10H2,1H3,(H,15,18). The minimum atomic E-state index is -0.473. The first-order valence-electron chi connectivity index (χ1n) is 6.36. The topological polar surface area (TPSA) is 49.4 Å². The number of unbranched alkanes of at least 4 members (excludes halogenated alkanes) is 1. The molecule has 18 heavy (non-hydrogen) atoms. The monoisotopic (exact) mass is 246 g/mol. The first kappa shape index (κ1) is 12.6. The van der Waals surface area contributed by atoms with Gasteiger partial charge in [0.2, 0.25) is 11.8 Å². The summed E-state index contributed by atoms with van der Waals surface area (Å²) in [5.74, 6) is -0.0891. The molecule has 0 radical (unpaired) electrons. The van der Waals surface area contributed by atoms with E-state index in [9.17, 15) is 9.59 Å². The first-order chi connectivity index (χ1) is 8.74. The Labute approximate surface area is 107 Å². The van der Waals surface area contributed by atoms with E-state index in [-0.39, 0.29) is 18.4 Å². The maximum atomic E-state index is 12.0. The van der Waals surface area contributed by atoms with Crippen molar-refractivity contribution in [2.75, 3.05) is 13.1 Å². The average Bonchev–Trinajstić information content (AvgIpc) is 2.40. The molecule has 1 atom stereocenters. The highest BCUT2D eigenvalue weighted by atomic mass is 16.2. The van der Waals surface area contributed by atoms with Crippen molar-refractivity contribution in [2.45, 2.75) is 25.8 Å². The molecule has 1 unspecified atom stereocenters. The predicted molar refractivity (Wildman–Crippen MR) is 68.8 cm³/mol. The second-order valence-electron chi connectivity index (χ2n) is 4.47. The lowest BCUT2D eigenvalue weighted by Crippen LogP contribution is -2.53. The molecule has 2 amide bonds. The van der Waals surface area contributed by atoms with Crippen LogP contribution in [0.25, 0.3) is 0 Å². The van der Waals surface area contributed by atoms with Gasteiger partial charge in [-0.3, -0.25) is 9.59 Å². The lowest BCUT2D eigenvalue weighted by molar-refractivity contribution is -0.146. The fourth-order valence-corrected chi connectivity index (χ4v) is 2.20. The van der Waals surface area contributed by atoms with E-state index in [1.807, 2.05) is 30.3 Å². The van der Waals surface area contributed by atoms with Gasteiger partial charge in [0.1, 0.15) is 6.04 Å². The van der Waals surface area contributed by atoms with Gasteiger partial charge in [-0.1, -0.05) is 43.7 Å². The van der Waals surface area contributed by atoms with Gasteiger partial charge in [-0.15, -0.1) is 0 Å². The van der Waals surface area contributed by atoms with Gasteiger partial charge in [0.15, 0.2) is 0 Å². The molecule has 0 spiro atoms. The van der Waals surface area contributed by atoms with E-state index in [0.29, 0.717) is 6.54 Å². The molecule has 1 fully saturated rings. The fourth-order valence-electron chi connectivity index (χ4n) is 2.20. The Kier molecular flexibility index (Phi) is 3.97. The molecule has 0 aromatic heterocycles. The van der Waals surface area contributed by atoms with Crippen LogP contribution in [0.2, 0.25) is 0 Å². The van der Waals surface area contributed by atoms with E-state index in [2.05, 4.69) is 12.2 Å². The highest BCUT2D eigenvalue weighted by Crippen LogP contribution is 2.23. The Morgan fingerprint density at radius 1 is 1.28 bits per heavy atom. The molecule has 4 nitrogen and oxygen atoms in total. The Morgan fingerprint density at radius 3 is 2.67 bits per heavy atom. The van der Waals surface area contributed by atoms with Gasteiger partial charge in [-0.25, -0.2) is 0 Å². The SMILES string of the molecule is CCCCN1C(=O)CNC(=O)C1c1ccccc1. The van der Waals surface area contributed by atoms with Gasteiger partial charge < -0.3 is 10.2 Å². The van der Waals surface area contributed by atoms with E-state index >= 15 is 0 Å². The Bertz CT molecular complexity index is 431. The summed E-state index contributed by atoms with van der Waals surface area (Å²) in [7, 11) is 0. The van der Waals surface area contributed by atoms with Crippen molar-refractivity contribution in [3.63, 3.8) is 0 Å². The quantitative estimate of drug-likeness (QED) is 0.875. The summed E-state index contributed by atoms with van der Waals surface area (Å²) in [4.78, 5) is 25.6. The van der Waals surface area contributed by atoms with E-state index in [1.165, 1.54) is 0 Å². The van der Waals surface area contributed by atoms with Crippen LogP contribution in [0, 0.1) is 0 Å². The lowest BCUT2D eigenvalue weighted by atomic mass is 10.0. The highest BCUT2D eigenvalue weighted by molar-refractivity contribution is 5.95. The molecule has 1 aromatic rings. The van der Waals surface area contributed by atoms with Gasteiger partial charge >= 0.3 is 0 Å². The maximum Gasteiger partial charge on any atom is 0.247 e. The van der Waals surface area contributed by atoms with Crippen molar-refractivity contribution in [3.05, 3.63) is 35.9 Å². The molecule has 96 valence electrons. The van der Waals surface area contributed by atoms with Crippen molar-refractivity contribution in [2.24, 2.45) is 0 Å². The molecular weight excluding hydrogens is 228 g/mol. The van der Waals surface area contributed by atoms with Crippen LogP contribution in [0.15, 0.2) is 30.3 Å². The van der Waals surface area contributed by atoms with Crippen LogP contribution >= 0.6 is 0 Å². The number of benzene rings is 1. The van der Waals surface area contributed by atoms with Crippen LogP contribution in [-0.2, 0) is 9.59 Å². The largest absolute Gasteiger partial charge is 0.345 e. The molecule has 1 saturated heterocycles.